The Labute approximate surface area is 101 Å². The highest BCUT2D eigenvalue weighted by Crippen LogP contribution is 2.18. The summed E-state index contributed by atoms with van der Waals surface area (Å²) in [5.41, 5.74) is 1.69. The van der Waals surface area contributed by atoms with Crippen molar-refractivity contribution in [2.45, 2.75) is 19.5 Å². The zero-order valence-corrected chi connectivity index (χ0v) is 9.80. The summed E-state index contributed by atoms with van der Waals surface area (Å²) in [5, 5.41) is 13.1. The molecule has 90 valence electrons. The van der Waals surface area contributed by atoms with Crippen molar-refractivity contribution in [3.63, 3.8) is 0 Å². The zero-order chi connectivity index (χ0) is 11.7. The van der Waals surface area contributed by atoms with E-state index >= 15 is 0 Å². The summed E-state index contributed by atoms with van der Waals surface area (Å²) in [6, 6.07) is 4.00. The summed E-state index contributed by atoms with van der Waals surface area (Å²) < 4.78 is 7.36. The summed E-state index contributed by atoms with van der Waals surface area (Å²) in [6.07, 6.45) is 1.18. The Hall–Kier alpha value is -1.38. The molecule has 3 heterocycles. The molecule has 1 aromatic heterocycles. The molecular weight excluding hydrogens is 216 g/mol. The first-order valence-electron chi connectivity index (χ1n) is 6.12. The lowest BCUT2D eigenvalue weighted by Gasteiger charge is -2.29. The molecule has 0 saturated carbocycles. The van der Waals surface area contributed by atoms with Crippen molar-refractivity contribution in [2.75, 3.05) is 26.3 Å². The van der Waals surface area contributed by atoms with Gasteiger partial charge >= 0.3 is 0 Å². The average molecular weight is 232 g/mol. The maximum absolute atomic E-state index is 8.83. The number of aromatic nitrogens is 2. The van der Waals surface area contributed by atoms with E-state index in [2.05, 4.69) is 16.1 Å². The fourth-order valence-electron chi connectivity index (χ4n) is 2.62. The second-order valence-electron chi connectivity index (χ2n) is 4.82. The van der Waals surface area contributed by atoms with Crippen LogP contribution in [0.15, 0.2) is 6.07 Å². The minimum atomic E-state index is 0.533. The minimum Gasteiger partial charge on any atom is -0.381 e. The molecule has 1 atom stereocenters. The van der Waals surface area contributed by atoms with E-state index in [4.69, 9.17) is 10.00 Å². The molecule has 0 amide bonds. The largest absolute Gasteiger partial charge is 0.381 e. The van der Waals surface area contributed by atoms with Gasteiger partial charge in [0.15, 0.2) is 5.69 Å². The fourth-order valence-corrected chi connectivity index (χ4v) is 2.62. The highest BCUT2D eigenvalue weighted by atomic mass is 16.5. The molecule has 1 saturated heterocycles. The predicted octanol–water partition coefficient (Wildman–Crippen LogP) is 0.607. The Morgan fingerprint density at radius 1 is 1.53 bits per heavy atom. The van der Waals surface area contributed by atoms with E-state index in [9.17, 15) is 0 Å². The number of ether oxygens (including phenoxy) is 1. The smallest absolute Gasteiger partial charge is 0.162 e. The maximum Gasteiger partial charge on any atom is 0.162 e. The van der Waals surface area contributed by atoms with Gasteiger partial charge < -0.3 is 4.74 Å². The van der Waals surface area contributed by atoms with Gasteiger partial charge in [-0.15, -0.1) is 0 Å². The van der Waals surface area contributed by atoms with Crippen LogP contribution in [0.4, 0.5) is 0 Å². The van der Waals surface area contributed by atoms with Crippen LogP contribution in [0.1, 0.15) is 17.8 Å². The molecule has 5 nitrogen and oxygen atoms in total. The Morgan fingerprint density at radius 3 is 3.24 bits per heavy atom. The number of hydrogen-bond donors (Lipinski definition) is 0. The van der Waals surface area contributed by atoms with Gasteiger partial charge in [-0.25, -0.2) is 0 Å². The summed E-state index contributed by atoms with van der Waals surface area (Å²) in [4.78, 5) is 2.44. The molecule has 17 heavy (non-hydrogen) atoms. The standard InChI is InChI=1S/C12H16N4O/c13-6-11-5-12-8-15(2-3-16(12)14-11)7-10-1-4-17-9-10/h5,10H,1-4,7-9H2. The molecule has 0 aliphatic carbocycles. The van der Waals surface area contributed by atoms with Crippen LogP contribution in [0.5, 0.6) is 0 Å². The molecule has 0 spiro atoms. The van der Waals surface area contributed by atoms with Crippen LogP contribution in [0, 0.1) is 17.2 Å². The SMILES string of the molecule is N#Cc1cc2n(n1)CCN(CC1CCOC1)C2. The van der Waals surface area contributed by atoms with Crippen molar-refractivity contribution < 1.29 is 4.74 Å². The number of nitriles is 1. The van der Waals surface area contributed by atoms with Gasteiger partial charge in [-0.1, -0.05) is 0 Å². The Balaban J connectivity index is 1.65. The molecule has 0 aromatic carbocycles. The van der Waals surface area contributed by atoms with E-state index < -0.39 is 0 Å². The number of hydrogen-bond acceptors (Lipinski definition) is 4. The fraction of sp³-hybridized carbons (Fsp3) is 0.667. The lowest BCUT2D eigenvalue weighted by molar-refractivity contribution is 0.151. The van der Waals surface area contributed by atoms with Gasteiger partial charge in [-0.05, 0) is 18.4 Å². The van der Waals surface area contributed by atoms with Crippen LogP contribution >= 0.6 is 0 Å². The highest BCUT2D eigenvalue weighted by Gasteiger charge is 2.23. The van der Waals surface area contributed by atoms with Crippen LogP contribution in [-0.2, 0) is 17.8 Å². The van der Waals surface area contributed by atoms with E-state index in [1.807, 2.05) is 10.7 Å². The topological polar surface area (TPSA) is 54.1 Å². The quantitative estimate of drug-likeness (QED) is 0.749. The van der Waals surface area contributed by atoms with Gasteiger partial charge in [0, 0.05) is 26.2 Å². The first-order valence-corrected chi connectivity index (χ1v) is 6.12. The van der Waals surface area contributed by atoms with Gasteiger partial charge in [-0.2, -0.15) is 10.4 Å². The van der Waals surface area contributed by atoms with E-state index in [0.717, 1.165) is 45.1 Å². The van der Waals surface area contributed by atoms with Crippen molar-refractivity contribution in [1.82, 2.24) is 14.7 Å². The molecule has 0 radical (unpaired) electrons. The van der Waals surface area contributed by atoms with Crippen molar-refractivity contribution >= 4 is 0 Å². The Bertz CT molecular complexity index is 442. The normalized spacial score (nSPS) is 24.5. The van der Waals surface area contributed by atoms with Crippen molar-refractivity contribution in [1.29, 1.82) is 5.26 Å². The van der Waals surface area contributed by atoms with Gasteiger partial charge in [0.05, 0.1) is 18.8 Å². The molecule has 2 aliphatic rings. The van der Waals surface area contributed by atoms with Crippen LogP contribution in [0.3, 0.4) is 0 Å². The lowest BCUT2D eigenvalue weighted by Crippen LogP contribution is -2.37. The van der Waals surface area contributed by atoms with E-state index in [1.165, 1.54) is 6.42 Å². The number of fused-ring (bicyclic) bond motifs is 1. The van der Waals surface area contributed by atoms with Crippen LogP contribution in [-0.4, -0.2) is 41.0 Å². The first-order chi connectivity index (χ1) is 8.35. The summed E-state index contributed by atoms with van der Waals surface area (Å²) >= 11 is 0. The second kappa shape index (κ2) is 4.47. The summed E-state index contributed by atoms with van der Waals surface area (Å²) in [7, 11) is 0. The number of nitrogens with zero attached hydrogens (tertiary/aromatic N) is 4. The first kappa shape index (κ1) is 10.8. The lowest BCUT2D eigenvalue weighted by atomic mass is 10.1. The van der Waals surface area contributed by atoms with Crippen molar-refractivity contribution in [2.24, 2.45) is 5.92 Å². The van der Waals surface area contributed by atoms with Crippen LogP contribution < -0.4 is 0 Å². The molecular formula is C12H16N4O. The third-order valence-electron chi connectivity index (χ3n) is 3.53. The van der Waals surface area contributed by atoms with E-state index in [0.29, 0.717) is 11.6 Å². The molecule has 3 rings (SSSR count). The molecule has 0 bridgehead atoms. The highest BCUT2D eigenvalue weighted by molar-refractivity contribution is 5.23. The predicted molar refractivity (Wildman–Crippen MR) is 61.1 cm³/mol. The molecule has 1 aromatic rings. The van der Waals surface area contributed by atoms with Crippen LogP contribution in [0.2, 0.25) is 0 Å². The van der Waals surface area contributed by atoms with Gasteiger partial charge in [0.25, 0.3) is 0 Å². The molecule has 1 fully saturated rings. The summed E-state index contributed by atoms with van der Waals surface area (Å²) in [6.45, 7) is 5.74. The molecule has 1 unspecified atom stereocenters. The maximum atomic E-state index is 8.83. The average Bonchev–Trinajstić information content (AvgIpc) is 2.96. The molecule has 5 heteroatoms. The minimum absolute atomic E-state index is 0.533. The van der Waals surface area contributed by atoms with Gasteiger partial charge in [0.1, 0.15) is 6.07 Å². The van der Waals surface area contributed by atoms with E-state index in [1.54, 1.807) is 0 Å². The summed E-state index contributed by atoms with van der Waals surface area (Å²) in [5.74, 6) is 0.680. The van der Waals surface area contributed by atoms with Gasteiger partial charge in [-0.3, -0.25) is 9.58 Å². The van der Waals surface area contributed by atoms with Crippen LogP contribution in [0.25, 0.3) is 0 Å². The van der Waals surface area contributed by atoms with Gasteiger partial charge in [0.2, 0.25) is 0 Å². The zero-order valence-electron chi connectivity index (χ0n) is 9.80. The third kappa shape index (κ3) is 2.19. The van der Waals surface area contributed by atoms with Crippen molar-refractivity contribution in [3.05, 3.63) is 17.5 Å². The Morgan fingerprint density at radius 2 is 2.47 bits per heavy atom. The monoisotopic (exact) mass is 232 g/mol. The van der Waals surface area contributed by atoms with E-state index in [-0.39, 0.29) is 0 Å². The third-order valence-corrected chi connectivity index (χ3v) is 3.53. The molecule has 2 aliphatic heterocycles. The number of rotatable bonds is 2. The molecule has 0 N–H and O–H groups in total. The Kier molecular flexibility index (Phi) is 2.83. The second-order valence-corrected chi connectivity index (χ2v) is 4.82. The van der Waals surface area contributed by atoms with Crippen molar-refractivity contribution in [3.8, 4) is 6.07 Å².